The molecule has 2 aromatic carbocycles. The van der Waals surface area contributed by atoms with Crippen molar-refractivity contribution in [3.8, 4) is 5.75 Å². The summed E-state index contributed by atoms with van der Waals surface area (Å²) in [5.74, 6) is 0.0174. The molecule has 36 heavy (non-hydrogen) atoms. The molecule has 2 amide bonds. The van der Waals surface area contributed by atoms with E-state index in [1.807, 2.05) is 0 Å². The largest absolute Gasteiger partial charge is 0.494 e. The number of ether oxygens (including phenoxy) is 1. The third-order valence-corrected chi connectivity index (χ3v) is 6.72. The van der Waals surface area contributed by atoms with Gasteiger partial charge in [-0.05, 0) is 55.8 Å². The van der Waals surface area contributed by atoms with Crippen molar-refractivity contribution >= 4 is 40.1 Å². The van der Waals surface area contributed by atoms with Crippen molar-refractivity contribution in [3.05, 3.63) is 54.1 Å². The second-order valence-corrected chi connectivity index (χ2v) is 9.48. The Labute approximate surface area is 213 Å². The summed E-state index contributed by atoms with van der Waals surface area (Å²) in [7, 11) is 0. The Morgan fingerprint density at radius 1 is 1.14 bits per heavy atom. The Kier molecular flexibility index (Phi) is 9.81. The van der Waals surface area contributed by atoms with E-state index in [1.165, 1.54) is 23.5 Å². The number of amides is 2. The third-order valence-electron chi connectivity index (χ3n) is 5.54. The Morgan fingerprint density at radius 3 is 2.56 bits per heavy atom. The number of nitrogens with one attached hydrogen (secondary N) is 1. The van der Waals surface area contributed by atoms with Gasteiger partial charge in [-0.15, -0.1) is 0 Å². The van der Waals surface area contributed by atoms with Gasteiger partial charge in [-0.2, -0.15) is 13.2 Å². The number of benzene rings is 2. The van der Waals surface area contributed by atoms with Gasteiger partial charge in [-0.3, -0.25) is 14.5 Å². The summed E-state index contributed by atoms with van der Waals surface area (Å²) >= 11 is 1.06. The van der Waals surface area contributed by atoms with Gasteiger partial charge in [0.1, 0.15) is 11.0 Å². The number of carbonyl (C=O) groups excluding carboxylic acids is 2. The number of anilines is 1. The molecule has 0 bridgehead atoms. The van der Waals surface area contributed by atoms with Crippen LogP contribution < -0.4 is 10.1 Å². The fraction of sp³-hybridized carbons (Fsp3) is 0.423. The first kappa shape index (κ1) is 27.6. The van der Waals surface area contributed by atoms with E-state index in [2.05, 4.69) is 17.2 Å². The van der Waals surface area contributed by atoms with Gasteiger partial charge in [0.05, 0.1) is 17.9 Å². The summed E-state index contributed by atoms with van der Waals surface area (Å²) in [6, 6.07) is 11.6. The number of alkyl halides is 3. The molecule has 0 aromatic heterocycles. The number of hydrogen-bond acceptors (Lipinski definition) is 5. The van der Waals surface area contributed by atoms with Gasteiger partial charge in [-0.1, -0.05) is 44.0 Å². The van der Waals surface area contributed by atoms with Gasteiger partial charge >= 0.3 is 6.18 Å². The lowest BCUT2D eigenvalue weighted by atomic mass is 10.2. The molecule has 1 heterocycles. The maximum atomic E-state index is 13.1. The number of halogens is 3. The predicted molar refractivity (Wildman–Crippen MR) is 137 cm³/mol. The predicted octanol–water partition coefficient (Wildman–Crippen LogP) is 6.64. The number of carbonyl (C=O) groups is 2. The standard InChI is InChI=1S/C26H30F3N3O3S/c1-3-5-6-7-15-35-21-13-11-19(12-14-21)30-24(34)22-17-23(33)32(4-2)25(36-22)31-20-10-8-9-18(16-20)26(27,28)29/h8-14,16,22H,3-7,15,17H2,1-2H3,(H,30,34). The molecule has 1 aliphatic heterocycles. The van der Waals surface area contributed by atoms with Gasteiger partial charge in [0, 0.05) is 18.7 Å². The van der Waals surface area contributed by atoms with Gasteiger partial charge in [-0.25, -0.2) is 4.99 Å². The highest BCUT2D eigenvalue weighted by Crippen LogP contribution is 2.34. The van der Waals surface area contributed by atoms with Crippen LogP contribution in [-0.4, -0.2) is 40.3 Å². The summed E-state index contributed by atoms with van der Waals surface area (Å²) in [5, 5.41) is 2.23. The summed E-state index contributed by atoms with van der Waals surface area (Å²) < 4.78 is 44.9. The summed E-state index contributed by atoms with van der Waals surface area (Å²) in [6.07, 6.45) is -0.0960. The molecule has 6 nitrogen and oxygen atoms in total. The van der Waals surface area contributed by atoms with Gasteiger partial charge < -0.3 is 10.1 Å². The molecule has 1 N–H and O–H groups in total. The zero-order valence-electron chi connectivity index (χ0n) is 20.3. The van der Waals surface area contributed by atoms with E-state index in [9.17, 15) is 22.8 Å². The molecule has 194 valence electrons. The Hall–Kier alpha value is -3.01. The number of rotatable bonds is 10. The summed E-state index contributed by atoms with van der Waals surface area (Å²) in [5.41, 5.74) is -0.215. The smallest absolute Gasteiger partial charge is 0.416 e. The van der Waals surface area contributed by atoms with Crippen molar-refractivity contribution in [2.24, 2.45) is 4.99 Å². The van der Waals surface area contributed by atoms with Crippen molar-refractivity contribution in [2.45, 2.75) is 57.4 Å². The minimum absolute atomic E-state index is 0.0368. The highest BCUT2D eigenvalue weighted by atomic mass is 32.2. The number of aliphatic imine (C=N–C) groups is 1. The first-order valence-electron chi connectivity index (χ1n) is 12.0. The third kappa shape index (κ3) is 7.74. The van der Waals surface area contributed by atoms with Crippen LogP contribution in [-0.2, 0) is 15.8 Å². The van der Waals surface area contributed by atoms with Crippen LogP contribution in [0, 0.1) is 0 Å². The normalized spacial score (nSPS) is 17.4. The molecule has 0 saturated carbocycles. The Balaban J connectivity index is 1.66. The zero-order valence-corrected chi connectivity index (χ0v) is 21.1. The minimum Gasteiger partial charge on any atom is -0.494 e. The molecule has 10 heteroatoms. The minimum atomic E-state index is -4.51. The van der Waals surface area contributed by atoms with E-state index >= 15 is 0 Å². The van der Waals surface area contributed by atoms with E-state index in [0.29, 0.717) is 18.0 Å². The van der Waals surface area contributed by atoms with Crippen LogP contribution in [0.4, 0.5) is 24.5 Å². The molecule has 1 fully saturated rings. The van der Waals surface area contributed by atoms with Crippen molar-refractivity contribution in [2.75, 3.05) is 18.5 Å². The lowest BCUT2D eigenvalue weighted by molar-refractivity contribution is -0.137. The number of nitrogens with zero attached hydrogens (tertiary/aromatic N) is 2. The van der Waals surface area contributed by atoms with Crippen molar-refractivity contribution in [3.63, 3.8) is 0 Å². The maximum absolute atomic E-state index is 13.1. The van der Waals surface area contributed by atoms with Gasteiger partial charge in [0.25, 0.3) is 0 Å². The molecule has 1 saturated heterocycles. The summed E-state index contributed by atoms with van der Waals surface area (Å²) in [4.78, 5) is 31.3. The molecular weight excluding hydrogens is 491 g/mol. The topological polar surface area (TPSA) is 71.0 Å². The second kappa shape index (κ2) is 12.8. The number of amidine groups is 1. The van der Waals surface area contributed by atoms with Crippen molar-refractivity contribution in [1.29, 1.82) is 0 Å². The average Bonchev–Trinajstić information content (AvgIpc) is 2.84. The van der Waals surface area contributed by atoms with Gasteiger partial charge in [0.15, 0.2) is 5.17 Å². The van der Waals surface area contributed by atoms with Crippen LogP contribution >= 0.6 is 11.8 Å². The fourth-order valence-corrected chi connectivity index (χ4v) is 4.75. The number of thioether (sulfide) groups is 1. The lowest BCUT2D eigenvalue weighted by Crippen LogP contribution is -2.45. The second-order valence-electron chi connectivity index (χ2n) is 8.31. The number of unbranched alkanes of at least 4 members (excludes halogenated alkanes) is 3. The van der Waals surface area contributed by atoms with Crippen LogP contribution in [0.3, 0.4) is 0 Å². The quantitative estimate of drug-likeness (QED) is 0.356. The molecule has 3 rings (SSSR count). The van der Waals surface area contributed by atoms with E-state index in [1.54, 1.807) is 31.2 Å². The Morgan fingerprint density at radius 2 is 1.89 bits per heavy atom. The molecule has 0 radical (unpaired) electrons. The molecule has 0 aliphatic carbocycles. The van der Waals surface area contributed by atoms with Crippen LogP contribution in [0.1, 0.15) is 51.5 Å². The Bertz CT molecular complexity index is 1070. The van der Waals surface area contributed by atoms with Crippen molar-refractivity contribution in [1.82, 2.24) is 4.90 Å². The maximum Gasteiger partial charge on any atom is 0.416 e. The van der Waals surface area contributed by atoms with Gasteiger partial charge in [0.2, 0.25) is 11.8 Å². The monoisotopic (exact) mass is 521 g/mol. The van der Waals surface area contributed by atoms with E-state index in [4.69, 9.17) is 4.74 Å². The van der Waals surface area contributed by atoms with Crippen LogP contribution in [0.5, 0.6) is 5.75 Å². The highest BCUT2D eigenvalue weighted by molar-refractivity contribution is 8.15. The van der Waals surface area contributed by atoms with Crippen LogP contribution in [0.2, 0.25) is 0 Å². The van der Waals surface area contributed by atoms with Crippen LogP contribution in [0.15, 0.2) is 53.5 Å². The first-order valence-corrected chi connectivity index (χ1v) is 12.9. The molecule has 1 atom stereocenters. The van der Waals surface area contributed by atoms with Crippen LogP contribution in [0.25, 0.3) is 0 Å². The van der Waals surface area contributed by atoms with E-state index in [0.717, 1.165) is 43.2 Å². The SMILES string of the molecule is CCCCCCOc1ccc(NC(=O)C2CC(=O)N(CC)C(=Nc3cccc(C(F)(F)F)c3)S2)cc1. The van der Waals surface area contributed by atoms with Crippen molar-refractivity contribution < 1.29 is 27.5 Å². The fourth-order valence-electron chi connectivity index (χ4n) is 3.59. The first-order chi connectivity index (χ1) is 17.2. The molecule has 2 aromatic rings. The molecular formula is C26H30F3N3O3S. The average molecular weight is 522 g/mol. The zero-order chi connectivity index (χ0) is 26.1. The van der Waals surface area contributed by atoms with E-state index < -0.39 is 17.0 Å². The lowest BCUT2D eigenvalue weighted by Gasteiger charge is -2.31. The molecule has 0 spiro atoms. The molecule has 1 aliphatic rings. The number of hydrogen-bond donors (Lipinski definition) is 1. The van der Waals surface area contributed by atoms with E-state index in [-0.39, 0.29) is 35.6 Å². The highest BCUT2D eigenvalue weighted by Gasteiger charge is 2.35. The molecule has 1 unspecified atom stereocenters. The summed E-state index contributed by atoms with van der Waals surface area (Å²) in [6.45, 7) is 4.82.